The van der Waals surface area contributed by atoms with Crippen LogP contribution in [-0.2, 0) is 0 Å². The number of hydrogen-bond acceptors (Lipinski definition) is 3. The van der Waals surface area contributed by atoms with Gasteiger partial charge in [0.05, 0.1) is 0 Å². The van der Waals surface area contributed by atoms with Crippen molar-refractivity contribution in [1.82, 2.24) is 0 Å². The van der Waals surface area contributed by atoms with Crippen LogP contribution in [-0.4, -0.2) is 22.6 Å². The maximum Gasteiger partial charge on any atom is 0.0113 e. The maximum absolute atomic E-state index is 7.11. The van der Waals surface area contributed by atoms with Crippen molar-refractivity contribution in [2.45, 2.75) is 138 Å². The molecule has 0 aromatic rings. The van der Waals surface area contributed by atoms with Crippen LogP contribution in [0, 0.1) is 47.3 Å². The smallest absolute Gasteiger partial charge is 0.0113 e. The number of fused-ring (bicyclic) bond motifs is 3. The highest BCUT2D eigenvalue weighted by Crippen LogP contribution is 2.59. The first-order chi connectivity index (χ1) is 16.2. The highest BCUT2D eigenvalue weighted by Gasteiger charge is 2.51. The Labute approximate surface area is 208 Å². The average molecular weight is 473 g/mol. The lowest BCUT2D eigenvalue weighted by Gasteiger charge is -2.47. The topological polar surface area (TPSA) is 52.0 Å². The molecule has 12 unspecified atom stereocenters. The summed E-state index contributed by atoms with van der Waals surface area (Å²) in [6.07, 6.45) is 26.2. The van der Waals surface area contributed by atoms with E-state index in [1.165, 1.54) is 116 Å². The third kappa shape index (κ3) is 4.71. The van der Waals surface area contributed by atoms with Crippen molar-refractivity contribution >= 4 is 11.8 Å². The molecule has 4 N–H and O–H groups in total. The van der Waals surface area contributed by atoms with Crippen LogP contribution in [0.1, 0.15) is 116 Å². The largest absolute Gasteiger partial charge is 0.327 e. The number of hydrogen-bond donors (Lipinski definition) is 2. The normalized spacial score (nSPS) is 53.3. The van der Waals surface area contributed by atoms with Crippen molar-refractivity contribution in [3.63, 3.8) is 0 Å². The molecule has 0 aromatic heterocycles. The third-order valence-corrected chi connectivity index (χ3v) is 14.0. The highest BCUT2D eigenvalue weighted by atomic mass is 32.2. The zero-order valence-electron chi connectivity index (χ0n) is 21.2. The SMILES string of the molecule is NC1CCCCC1C1CCCC(C2CCC(C3CCCC4C5CCCCC5SC34)C(N)C2)C1. The van der Waals surface area contributed by atoms with Crippen LogP contribution in [0.4, 0.5) is 0 Å². The van der Waals surface area contributed by atoms with Crippen molar-refractivity contribution in [3.8, 4) is 0 Å². The zero-order valence-corrected chi connectivity index (χ0v) is 22.0. The van der Waals surface area contributed by atoms with E-state index in [0.717, 1.165) is 57.8 Å². The van der Waals surface area contributed by atoms with Gasteiger partial charge in [-0.15, -0.1) is 0 Å². The zero-order chi connectivity index (χ0) is 22.4. The second-order valence-corrected chi connectivity index (χ2v) is 15.0. The minimum Gasteiger partial charge on any atom is -0.327 e. The first-order valence-electron chi connectivity index (χ1n) is 15.4. The van der Waals surface area contributed by atoms with Gasteiger partial charge >= 0.3 is 0 Å². The van der Waals surface area contributed by atoms with E-state index in [-0.39, 0.29) is 0 Å². The molecule has 12 atom stereocenters. The summed E-state index contributed by atoms with van der Waals surface area (Å²) < 4.78 is 0. The average Bonchev–Trinajstić information content (AvgIpc) is 3.23. The van der Waals surface area contributed by atoms with Crippen molar-refractivity contribution in [2.75, 3.05) is 0 Å². The molecule has 3 heteroatoms. The van der Waals surface area contributed by atoms with Gasteiger partial charge < -0.3 is 11.5 Å². The molecule has 0 spiro atoms. The van der Waals surface area contributed by atoms with E-state index in [1.54, 1.807) is 0 Å². The Bertz CT molecular complexity index is 653. The summed E-state index contributed by atoms with van der Waals surface area (Å²) in [5, 5.41) is 1.97. The van der Waals surface area contributed by atoms with Gasteiger partial charge in [-0.1, -0.05) is 51.4 Å². The van der Waals surface area contributed by atoms with Gasteiger partial charge in [0.2, 0.25) is 0 Å². The lowest BCUT2D eigenvalue weighted by Crippen LogP contribution is -2.47. The summed E-state index contributed by atoms with van der Waals surface area (Å²) in [5.41, 5.74) is 13.7. The van der Waals surface area contributed by atoms with Crippen LogP contribution in [0.2, 0.25) is 0 Å². The van der Waals surface area contributed by atoms with Crippen molar-refractivity contribution in [1.29, 1.82) is 0 Å². The van der Waals surface area contributed by atoms with E-state index < -0.39 is 0 Å². The van der Waals surface area contributed by atoms with Crippen molar-refractivity contribution < 1.29 is 0 Å². The van der Waals surface area contributed by atoms with E-state index >= 15 is 0 Å². The fraction of sp³-hybridized carbons (Fsp3) is 1.00. The summed E-state index contributed by atoms with van der Waals surface area (Å²) in [7, 11) is 0. The van der Waals surface area contributed by atoms with Crippen molar-refractivity contribution in [3.05, 3.63) is 0 Å². The Morgan fingerprint density at radius 1 is 0.424 bits per heavy atom. The first-order valence-corrected chi connectivity index (χ1v) is 16.3. The predicted octanol–water partition coefficient (Wildman–Crippen LogP) is 7.14. The standard InChI is InChI=1S/C30H52N2S/c31-27-13-3-1-9-22(27)21-8-5-7-19(17-21)20-15-16-23(28(32)18-20)25-11-6-12-26-24-10-2-4-14-29(24)33-30(25)26/h19-30H,1-18,31-32H2. The Morgan fingerprint density at radius 3 is 1.88 bits per heavy atom. The molecule has 6 fully saturated rings. The van der Waals surface area contributed by atoms with Crippen molar-refractivity contribution in [2.24, 2.45) is 58.8 Å². The summed E-state index contributed by atoms with van der Waals surface area (Å²) in [6.45, 7) is 0. The molecule has 5 saturated carbocycles. The fourth-order valence-corrected chi connectivity index (χ4v) is 12.7. The molecule has 0 bridgehead atoms. The molecule has 0 radical (unpaired) electrons. The molecule has 1 aliphatic heterocycles. The molecule has 33 heavy (non-hydrogen) atoms. The van der Waals surface area contributed by atoms with Gasteiger partial charge in [-0.2, -0.15) is 11.8 Å². The molecular weight excluding hydrogens is 420 g/mol. The minimum atomic E-state index is 0.480. The summed E-state index contributed by atoms with van der Waals surface area (Å²) in [6, 6.07) is 0.973. The molecule has 2 nitrogen and oxygen atoms in total. The van der Waals surface area contributed by atoms with E-state index in [9.17, 15) is 0 Å². The lowest BCUT2D eigenvalue weighted by molar-refractivity contribution is 0.0625. The van der Waals surface area contributed by atoms with Gasteiger partial charge in [0.15, 0.2) is 0 Å². The Kier molecular flexibility index (Phi) is 7.40. The molecule has 0 aromatic carbocycles. The molecule has 0 amide bonds. The van der Waals surface area contributed by atoms with Gasteiger partial charge in [0, 0.05) is 22.6 Å². The Balaban J connectivity index is 1.07. The van der Waals surface area contributed by atoms with Gasteiger partial charge in [0.1, 0.15) is 0 Å². The molecule has 6 aliphatic rings. The van der Waals surface area contributed by atoms with Gasteiger partial charge in [-0.25, -0.2) is 0 Å². The molecular formula is C30H52N2S. The quantitative estimate of drug-likeness (QED) is 0.459. The van der Waals surface area contributed by atoms with Crippen LogP contribution >= 0.6 is 11.8 Å². The van der Waals surface area contributed by atoms with Gasteiger partial charge in [0.25, 0.3) is 0 Å². The molecule has 5 aliphatic carbocycles. The molecule has 1 heterocycles. The molecule has 6 rings (SSSR count). The Hall–Kier alpha value is 0.270. The minimum absolute atomic E-state index is 0.480. The molecule has 1 saturated heterocycles. The summed E-state index contributed by atoms with van der Waals surface area (Å²) >= 11 is 2.46. The van der Waals surface area contributed by atoms with Crippen LogP contribution in [0.25, 0.3) is 0 Å². The summed E-state index contributed by atoms with van der Waals surface area (Å²) in [5.74, 6) is 7.49. The monoisotopic (exact) mass is 472 g/mol. The highest BCUT2D eigenvalue weighted by molar-refractivity contribution is 8.00. The number of thioether (sulfide) groups is 1. The van der Waals surface area contributed by atoms with Gasteiger partial charge in [-0.05, 0) is 112 Å². The summed E-state index contributed by atoms with van der Waals surface area (Å²) in [4.78, 5) is 0. The second-order valence-electron chi connectivity index (χ2n) is 13.5. The molecule has 188 valence electrons. The predicted molar refractivity (Wildman–Crippen MR) is 142 cm³/mol. The number of rotatable bonds is 3. The maximum atomic E-state index is 7.11. The van der Waals surface area contributed by atoms with Crippen LogP contribution < -0.4 is 11.5 Å². The van der Waals surface area contributed by atoms with Crippen LogP contribution in [0.15, 0.2) is 0 Å². The van der Waals surface area contributed by atoms with Crippen LogP contribution in [0.3, 0.4) is 0 Å². The fourth-order valence-electron chi connectivity index (χ4n) is 10.4. The van der Waals surface area contributed by atoms with E-state index in [4.69, 9.17) is 11.5 Å². The second kappa shape index (κ2) is 10.3. The third-order valence-electron chi connectivity index (χ3n) is 12.0. The van der Waals surface area contributed by atoms with E-state index in [2.05, 4.69) is 11.8 Å². The van der Waals surface area contributed by atoms with Crippen LogP contribution in [0.5, 0.6) is 0 Å². The van der Waals surface area contributed by atoms with E-state index in [0.29, 0.717) is 12.1 Å². The Morgan fingerprint density at radius 2 is 1.06 bits per heavy atom. The first kappa shape index (κ1) is 23.7. The van der Waals surface area contributed by atoms with Gasteiger partial charge in [-0.3, -0.25) is 0 Å². The van der Waals surface area contributed by atoms with E-state index in [1.807, 2.05) is 0 Å². The lowest BCUT2D eigenvalue weighted by atomic mass is 9.60. The number of nitrogens with two attached hydrogens (primary N) is 2.